The first kappa shape index (κ1) is 17.1. The Morgan fingerprint density at radius 1 is 1.22 bits per heavy atom. The summed E-state index contributed by atoms with van der Waals surface area (Å²) in [5.41, 5.74) is 1.36. The van der Waals surface area contributed by atoms with Gasteiger partial charge in [0.15, 0.2) is 0 Å². The zero-order chi connectivity index (χ0) is 18.8. The van der Waals surface area contributed by atoms with Crippen molar-refractivity contribution >= 4 is 11.7 Å². The van der Waals surface area contributed by atoms with Crippen molar-refractivity contribution in [1.29, 1.82) is 0 Å². The van der Waals surface area contributed by atoms with Gasteiger partial charge in [0.05, 0.1) is 18.1 Å². The number of benzene rings is 2. The molecular weight excluding hydrogens is 355 g/mol. The Labute approximate surface area is 153 Å². The van der Waals surface area contributed by atoms with E-state index < -0.39 is 4.92 Å². The highest BCUT2D eigenvalue weighted by atomic mass is 19.1. The van der Waals surface area contributed by atoms with Gasteiger partial charge < -0.3 is 14.2 Å². The van der Waals surface area contributed by atoms with E-state index in [1.165, 1.54) is 24.3 Å². The molecule has 1 aromatic heterocycles. The number of hydrogen-bond acceptors (Lipinski definition) is 7. The van der Waals surface area contributed by atoms with Crippen molar-refractivity contribution < 1.29 is 18.6 Å². The van der Waals surface area contributed by atoms with Crippen LogP contribution in [0.1, 0.15) is 11.7 Å². The van der Waals surface area contributed by atoms with Gasteiger partial charge in [0.2, 0.25) is 5.82 Å². The summed E-state index contributed by atoms with van der Waals surface area (Å²) in [6.07, 6.45) is -0.302. The summed E-state index contributed by atoms with van der Waals surface area (Å²) < 4.78 is 24.5. The second-order valence-electron chi connectivity index (χ2n) is 6.06. The van der Waals surface area contributed by atoms with Crippen LogP contribution in [0.25, 0.3) is 11.4 Å². The van der Waals surface area contributed by atoms with E-state index in [9.17, 15) is 14.5 Å². The second kappa shape index (κ2) is 7.12. The molecule has 3 aromatic rings. The van der Waals surface area contributed by atoms with Gasteiger partial charge >= 0.3 is 6.01 Å². The fourth-order valence-corrected chi connectivity index (χ4v) is 2.92. The molecule has 9 heteroatoms. The molecule has 1 atom stereocenters. The molecule has 27 heavy (non-hydrogen) atoms. The van der Waals surface area contributed by atoms with Crippen LogP contribution in [-0.2, 0) is 4.74 Å². The van der Waals surface area contributed by atoms with E-state index in [4.69, 9.17) is 9.26 Å². The zero-order valence-corrected chi connectivity index (χ0v) is 14.1. The number of aromatic nitrogens is 2. The summed E-state index contributed by atoms with van der Waals surface area (Å²) in [7, 11) is 0. The third-order valence-electron chi connectivity index (χ3n) is 4.31. The molecule has 2 aromatic carbocycles. The van der Waals surface area contributed by atoms with Crippen LogP contribution in [0.2, 0.25) is 0 Å². The number of morpholine rings is 1. The lowest BCUT2D eigenvalue weighted by Crippen LogP contribution is -2.38. The van der Waals surface area contributed by atoms with Crippen molar-refractivity contribution in [3.63, 3.8) is 0 Å². The average molecular weight is 370 g/mol. The lowest BCUT2D eigenvalue weighted by molar-refractivity contribution is -0.384. The molecule has 1 unspecified atom stereocenters. The lowest BCUT2D eigenvalue weighted by Gasteiger charge is -2.31. The molecule has 0 saturated carbocycles. The topological polar surface area (TPSA) is 94.5 Å². The first-order chi connectivity index (χ1) is 13.1. The van der Waals surface area contributed by atoms with Gasteiger partial charge in [-0.3, -0.25) is 10.1 Å². The van der Waals surface area contributed by atoms with Gasteiger partial charge in [0.1, 0.15) is 11.9 Å². The Morgan fingerprint density at radius 2 is 2.04 bits per heavy atom. The van der Waals surface area contributed by atoms with Crippen LogP contribution in [0, 0.1) is 15.9 Å². The standard InChI is InChI=1S/C18H15FN4O4/c19-14-3-1-2-13(10-14)16-11-22(8-9-26-16)18-20-17(21-27-18)12-4-6-15(7-5-12)23(24)25/h1-7,10,16H,8-9,11H2. The van der Waals surface area contributed by atoms with E-state index in [1.54, 1.807) is 18.2 Å². The Balaban J connectivity index is 1.51. The molecule has 0 spiro atoms. The van der Waals surface area contributed by atoms with Gasteiger partial charge in [-0.1, -0.05) is 17.3 Å². The fourth-order valence-electron chi connectivity index (χ4n) is 2.92. The Morgan fingerprint density at radius 3 is 2.78 bits per heavy atom. The molecule has 0 amide bonds. The van der Waals surface area contributed by atoms with Crippen LogP contribution in [0.5, 0.6) is 0 Å². The maximum Gasteiger partial charge on any atom is 0.324 e. The largest absolute Gasteiger partial charge is 0.370 e. The van der Waals surface area contributed by atoms with Gasteiger partial charge in [-0.05, 0) is 29.8 Å². The molecular formula is C18H15FN4O4. The molecule has 2 heterocycles. The summed E-state index contributed by atoms with van der Waals surface area (Å²) in [5, 5.41) is 14.7. The molecule has 1 fully saturated rings. The average Bonchev–Trinajstić information content (AvgIpc) is 3.18. The molecule has 1 aliphatic heterocycles. The summed E-state index contributed by atoms with van der Waals surface area (Å²) >= 11 is 0. The van der Waals surface area contributed by atoms with E-state index >= 15 is 0 Å². The molecule has 1 aliphatic rings. The highest BCUT2D eigenvalue weighted by Crippen LogP contribution is 2.27. The van der Waals surface area contributed by atoms with Crippen LogP contribution in [0.15, 0.2) is 53.1 Å². The maximum atomic E-state index is 13.5. The van der Waals surface area contributed by atoms with Gasteiger partial charge in [-0.15, -0.1) is 0 Å². The number of nitro groups is 1. The zero-order valence-electron chi connectivity index (χ0n) is 14.1. The summed E-state index contributed by atoms with van der Waals surface area (Å²) in [4.78, 5) is 16.5. The molecule has 4 rings (SSSR count). The van der Waals surface area contributed by atoms with Crippen molar-refractivity contribution in [3.05, 3.63) is 70.0 Å². The SMILES string of the molecule is O=[N+]([O-])c1ccc(-c2noc(N3CCOC(c4cccc(F)c4)C3)n2)cc1. The number of non-ortho nitro benzene ring substituents is 1. The normalized spacial score (nSPS) is 17.1. The van der Waals surface area contributed by atoms with Gasteiger partial charge in [-0.2, -0.15) is 4.98 Å². The van der Waals surface area contributed by atoms with E-state index in [1.807, 2.05) is 11.0 Å². The summed E-state index contributed by atoms with van der Waals surface area (Å²) in [5.74, 6) is 0.0279. The lowest BCUT2D eigenvalue weighted by atomic mass is 10.1. The Hall–Kier alpha value is -3.33. The minimum absolute atomic E-state index is 0.00594. The quantitative estimate of drug-likeness (QED) is 0.513. The third-order valence-corrected chi connectivity index (χ3v) is 4.31. The fraction of sp³-hybridized carbons (Fsp3) is 0.222. The van der Waals surface area contributed by atoms with Crippen LogP contribution in [0.4, 0.5) is 16.1 Å². The minimum Gasteiger partial charge on any atom is -0.370 e. The molecule has 1 saturated heterocycles. The number of anilines is 1. The van der Waals surface area contributed by atoms with Gasteiger partial charge in [0, 0.05) is 24.2 Å². The van der Waals surface area contributed by atoms with Crippen LogP contribution >= 0.6 is 0 Å². The predicted molar refractivity (Wildman–Crippen MR) is 93.7 cm³/mol. The smallest absolute Gasteiger partial charge is 0.324 e. The van der Waals surface area contributed by atoms with Crippen LogP contribution < -0.4 is 4.90 Å². The van der Waals surface area contributed by atoms with Crippen LogP contribution in [-0.4, -0.2) is 34.8 Å². The van der Waals surface area contributed by atoms with Crippen molar-refractivity contribution in [2.75, 3.05) is 24.6 Å². The molecule has 0 bridgehead atoms. The molecule has 0 radical (unpaired) electrons. The summed E-state index contributed by atoms with van der Waals surface area (Å²) in [6.45, 7) is 1.45. The number of rotatable bonds is 4. The minimum atomic E-state index is -0.467. The monoisotopic (exact) mass is 370 g/mol. The highest BCUT2D eigenvalue weighted by Gasteiger charge is 2.26. The first-order valence-electron chi connectivity index (χ1n) is 8.31. The van der Waals surface area contributed by atoms with Crippen molar-refractivity contribution in [2.45, 2.75) is 6.10 Å². The molecule has 0 aliphatic carbocycles. The Kier molecular flexibility index (Phi) is 4.51. The van der Waals surface area contributed by atoms with E-state index in [-0.39, 0.29) is 17.6 Å². The van der Waals surface area contributed by atoms with E-state index in [0.29, 0.717) is 37.1 Å². The van der Waals surface area contributed by atoms with Gasteiger partial charge in [-0.25, -0.2) is 4.39 Å². The molecule has 138 valence electrons. The van der Waals surface area contributed by atoms with E-state index in [0.717, 1.165) is 5.56 Å². The van der Waals surface area contributed by atoms with E-state index in [2.05, 4.69) is 10.1 Å². The van der Waals surface area contributed by atoms with Gasteiger partial charge in [0.25, 0.3) is 5.69 Å². The number of halogens is 1. The highest BCUT2D eigenvalue weighted by molar-refractivity contribution is 5.58. The summed E-state index contributed by atoms with van der Waals surface area (Å²) in [6, 6.07) is 12.5. The molecule has 0 N–H and O–H groups in total. The third kappa shape index (κ3) is 3.63. The second-order valence-corrected chi connectivity index (χ2v) is 6.06. The van der Waals surface area contributed by atoms with Crippen molar-refractivity contribution in [3.8, 4) is 11.4 Å². The predicted octanol–water partition coefficient (Wildman–Crippen LogP) is 3.36. The number of hydrogen-bond donors (Lipinski definition) is 0. The van der Waals surface area contributed by atoms with Crippen molar-refractivity contribution in [2.24, 2.45) is 0 Å². The number of nitro benzene ring substituents is 1. The maximum absolute atomic E-state index is 13.5. The number of ether oxygens (including phenoxy) is 1. The first-order valence-corrected chi connectivity index (χ1v) is 8.31. The van der Waals surface area contributed by atoms with Crippen LogP contribution in [0.3, 0.4) is 0 Å². The van der Waals surface area contributed by atoms with Crippen molar-refractivity contribution in [1.82, 2.24) is 10.1 Å². The molecule has 8 nitrogen and oxygen atoms in total. The Bertz CT molecular complexity index is 960. The number of nitrogens with zero attached hydrogens (tertiary/aromatic N) is 4.